The Bertz CT molecular complexity index is 615. The smallest absolute Gasteiger partial charge is 0.136 e. The summed E-state index contributed by atoms with van der Waals surface area (Å²) in [5.74, 6) is 3.96. The molecule has 3 saturated heterocycles. The van der Waals surface area contributed by atoms with Gasteiger partial charge in [0, 0.05) is 31.0 Å². The highest BCUT2D eigenvalue weighted by Crippen LogP contribution is 2.86. The Labute approximate surface area is 126 Å². The van der Waals surface area contributed by atoms with E-state index >= 15 is 0 Å². The number of carbonyl (C=O) groups is 1. The maximum atomic E-state index is 12.5. The van der Waals surface area contributed by atoms with Crippen molar-refractivity contribution in [1.29, 1.82) is 0 Å². The van der Waals surface area contributed by atoms with Crippen molar-refractivity contribution >= 4 is 5.78 Å². The molecular weight excluding hydrogens is 258 g/mol. The second kappa shape index (κ2) is 2.77. The van der Waals surface area contributed by atoms with Gasteiger partial charge in [0.2, 0.25) is 0 Å². The van der Waals surface area contributed by atoms with Gasteiger partial charge in [-0.15, -0.1) is 0 Å². The molecule has 0 aromatic rings. The van der Waals surface area contributed by atoms with Crippen LogP contribution >= 0.6 is 0 Å². The molecule has 0 aromatic carbocycles. The Morgan fingerprint density at radius 2 is 2.14 bits per heavy atom. The SMILES string of the molecule is CC12CCCC34C5CC6C[C@@H]7[C@H]3N(C1)[C@H](C[C@]57CC6=O)[C@H]24. The highest BCUT2D eigenvalue weighted by atomic mass is 16.1. The fourth-order valence-electron chi connectivity index (χ4n) is 10.2. The van der Waals surface area contributed by atoms with E-state index in [4.69, 9.17) is 0 Å². The van der Waals surface area contributed by atoms with E-state index in [0.29, 0.717) is 27.9 Å². The van der Waals surface area contributed by atoms with E-state index in [1.54, 1.807) is 0 Å². The summed E-state index contributed by atoms with van der Waals surface area (Å²) in [7, 11) is 0. The summed E-state index contributed by atoms with van der Waals surface area (Å²) in [4.78, 5) is 15.5. The molecule has 9 aliphatic rings. The van der Waals surface area contributed by atoms with Crippen LogP contribution in [0.15, 0.2) is 0 Å². The Kier molecular flexibility index (Phi) is 1.48. The first-order valence-corrected chi connectivity index (χ1v) is 9.39. The number of hydrogen-bond acceptors (Lipinski definition) is 2. The van der Waals surface area contributed by atoms with Crippen molar-refractivity contribution in [3.8, 4) is 0 Å². The van der Waals surface area contributed by atoms with Gasteiger partial charge in [-0.2, -0.15) is 0 Å². The maximum Gasteiger partial charge on any atom is 0.136 e. The lowest BCUT2D eigenvalue weighted by molar-refractivity contribution is -0.159. The summed E-state index contributed by atoms with van der Waals surface area (Å²) >= 11 is 0. The fourth-order valence-corrected chi connectivity index (χ4v) is 10.2. The molecule has 0 N–H and O–H groups in total. The molecule has 21 heavy (non-hydrogen) atoms. The van der Waals surface area contributed by atoms with E-state index < -0.39 is 0 Å². The molecule has 2 spiro atoms. The predicted molar refractivity (Wildman–Crippen MR) is 78.5 cm³/mol. The van der Waals surface area contributed by atoms with E-state index in [0.717, 1.165) is 36.3 Å². The van der Waals surface area contributed by atoms with Crippen molar-refractivity contribution in [3.05, 3.63) is 0 Å². The van der Waals surface area contributed by atoms with E-state index in [1.165, 1.54) is 45.1 Å². The Balaban J connectivity index is 1.53. The van der Waals surface area contributed by atoms with E-state index in [-0.39, 0.29) is 0 Å². The van der Waals surface area contributed by atoms with E-state index in [2.05, 4.69) is 11.8 Å². The number of hydrogen-bond donors (Lipinski definition) is 0. The van der Waals surface area contributed by atoms with Gasteiger partial charge in [0.05, 0.1) is 0 Å². The number of piperidine rings is 2. The third kappa shape index (κ3) is 0.813. The van der Waals surface area contributed by atoms with Gasteiger partial charge in [-0.05, 0) is 66.1 Å². The predicted octanol–water partition coefficient (Wildman–Crippen LogP) is 2.86. The summed E-state index contributed by atoms with van der Waals surface area (Å²) in [6.07, 6.45) is 9.41. The van der Waals surface area contributed by atoms with Crippen molar-refractivity contribution < 1.29 is 4.79 Å². The first-order chi connectivity index (χ1) is 10.1. The molecule has 10 atom stereocenters. The summed E-state index contributed by atoms with van der Waals surface area (Å²) in [5, 5.41) is 0. The second-order valence-corrected chi connectivity index (χ2v) is 10.2. The monoisotopic (exact) mass is 283 g/mol. The third-order valence-corrected chi connectivity index (χ3v) is 10.0. The highest BCUT2D eigenvalue weighted by molar-refractivity contribution is 5.84. The summed E-state index contributed by atoms with van der Waals surface area (Å²) in [5.41, 5.74) is 1.77. The van der Waals surface area contributed by atoms with Crippen LogP contribution in [0.25, 0.3) is 0 Å². The Hall–Kier alpha value is -0.370. The van der Waals surface area contributed by atoms with Crippen molar-refractivity contribution in [1.82, 2.24) is 4.90 Å². The number of Topliss-reactive ketones (excluding diaryl/α,β-unsaturated/α-hetero) is 1. The van der Waals surface area contributed by atoms with Gasteiger partial charge in [0.25, 0.3) is 0 Å². The molecular formula is C19H25NO. The average molecular weight is 283 g/mol. The van der Waals surface area contributed by atoms with Crippen LogP contribution in [-0.4, -0.2) is 29.3 Å². The molecule has 9 bridgehead atoms. The number of fused-ring (bicyclic) bond motifs is 1. The van der Waals surface area contributed by atoms with Crippen molar-refractivity contribution in [2.45, 2.75) is 64.0 Å². The van der Waals surface area contributed by atoms with E-state index in [1.807, 2.05) is 0 Å². The van der Waals surface area contributed by atoms with Gasteiger partial charge in [0.1, 0.15) is 5.78 Å². The standard InChI is InChI=1S/C19H25NO/c1-17-3-2-4-19-14-6-10-5-11-16(19)20(9-17)12(15(17)19)7-18(11,14)8-13(10)21/h10-12,14-16H,2-9H2,1H3/t10?,11-,12-,14?,15-,16-,17?,18-,19?/m1/s1. The molecule has 0 aromatic heterocycles. The molecule has 5 unspecified atom stereocenters. The normalized spacial score (nSPS) is 74.5. The second-order valence-electron chi connectivity index (χ2n) is 10.2. The van der Waals surface area contributed by atoms with Crippen LogP contribution in [0.2, 0.25) is 0 Å². The van der Waals surface area contributed by atoms with Gasteiger partial charge < -0.3 is 0 Å². The molecule has 0 radical (unpaired) electrons. The number of ketones is 1. The lowest BCUT2D eigenvalue weighted by Crippen LogP contribution is -2.59. The molecule has 9 fully saturated rings. The molecule has 6 saturated carbocycles. The molecule has 3 aliphatic heterocycles. The topological polar surface area (TPSA) is 20.3 Å². The quantitative estimate of drug-likeness (QED) is 0.681. The molecule has 6 aliphatic carbocycles. The summed E-state index contributed by atoms with van der Waals surface area (Å²) in [6.45, 7) is 4.01. The van der Waals surface area contributed by atoms with Gasteiger partial charge in [-0.25, -0.2) is 0 Å². The molecule has 0 amide bonds. The van der Waals surface area contributed by atoms with Crippen molar-refractivity contribution in [2.24, 2.45) is 39.9 Å². The molecule has 2 nitrogen and oxygen atoms in total. The number of nitrogens with zero attached hydrogens (tertiary/aromatic N) is 1. The highest BCUT2D eigenvalue weighted by Gasteiger charge is 2.86. The van der Waals surface area contributed by atoms with Gasteiger partial charge in [-0.3, -0.25) is 9.69 Å². The minimum atomic E-state index is 0.465. The minimum Gasteiger partial charge on any atom is -0.299 e. The number of rotatable bonds is 0. The zero-order valence-electron chi connectivity index (χ0n) is 13.0. The zero-order chi connectivity index (χ0) is 13.8. The summed E-state index contributed by atoms with van der Waals surface area (Å²) < 4.78 is 0. The lowest BCUT2D eigenvalue weighted by atomic mass is 9.41. The van der Waals surface area contributed by atoms with Crippen LogP contribution in [0, 0.1) is 39.9 Å². The Morgan fingerprint density at radius 1 is 1.24 bits per heavy atom. The van der Waals surface area contributed by atoms with Crippen LogP contribution in [0.3, 0.4) is 0 Å². The van der Waals surface area contributed by atoms with E-state index in [9.17, 15) is 4.79 Å². The van der Waals surface area contributed by atoms with Crippen LogP contribution < -0.4 is 0 Å². The summed E-state index contributed by atoms with van der Waals surface area (Å²) in [6, 6.07) is 1.77. The lowest BCUT2D eigenvalue weighted by Gasteiger charge is -2.62. The van der Waals surface area contributed by atoms with Crippen molar-refractivity contribution in [3.63, 3.8) is 0 Å². The zero-order valence-corrected chi connectivity index (χ0v) is 13.0. The maximum absolute atomic E-state index is 12.5. The van der Waals surface area contributed by atoms with Gasteiger partial charge in [0.15, 0.2) is 0 Å². The molecule has 2 heteroatoms. The molecule has 9 rings (SSSR count). The van der Waals surface area contributed by atoms with Gasteiger partial charge in [-0.1, -0.05) is 13.3 Å². The average Bonchev–Trinajstić information content (AvgIpc) is 2.84. The largest absolute Gasteiger partial charge is 0.299 e. The van der Waals surface area contributed by atoms with Gasteiger partial charge >= 0.3 is 0 Å². The molecule has 112 valence electrons. The third-order valence-electron chi connectivity index (χ3n) is 10.0. The van der Waals surface area contributed by atoms with Crippen LogP contribution in [0.4, 0.5) is 0 Å². The minimum absolute atomic E-state index is 0.465. The molecule has 3 heterocycles. The number of carbonyl (C=O) groups excluding carboxylic acids is 1. The van der Waals surface area contributed by atoms with Crippen LogP contribution in [-0.2, 0) is 4.79 Å². The first-order valence-electron chi connectivity index (χ1n) is 9.39. The first kappa shape index (κ1) is 11.2. The van der Waals surface area contributed by atoms with Crippen LogP contribution in [0.1, 0.15) is 51.9 Å². The Morgan fingerprint density at radius 3 is 3.05 bits per heavy atom. The van der Waals surface area contributed by atoms with Crippen LogP contribution in [0.5, 0.6) is 0 Å². The van der Waals surface area contributed by atoms with Crippen molar-refractivity contribution in [2.75, 3.05) is 6.54 Å². The fraction of sp³-hybridized carbons (Fsp3) is 0.947.